The first kappa shape index (κ1) is 19.1. The second kappa shape index (κ2) is 7.53. The van der Waals surface area contributed by atoms with Crippen LogP contribution >= 0.6 is 0 Å². The Morgan fingerprint density at radius 2 is 1.74 bits per heavy atom. The topological polar surface area (TPSA) is 99.0 Å². The molecule has 0 saturated carbocycles. The van der Waals surface area contributed by atoms with E-state index in [-0.39, 0.29) is 16.6 Å². The SMILES string of the molecule is COc1ccc(C2CCCN2S(=O)(=O)c2ccc([N+](=O)[O-])cc2)cc1OC. The molecule has 1 unspecified atom stereocenters. The van der Waals surface area contributed by atoms with Crippen molar-refractivity contribution in [1.29, 1.82) is 0 Å². The molecule has 1 fully saturated rings. The molecule has 0 spiro atoms. The van der Waals surface area contributed by atoms with Crippen molar-refractivity contribution in [2.45, 2.75) is 23.8 Å². The minimum Gasteiger partial charge on any atom is -0.493 e. The van der Waals surface area contributed by atoms with Crippen molar-refractivity contribution in [2.24, 2.45) is 0 Å². The molecule has 1 aliphatic heterocycles. The van der Waals surface area contributed by atoms with E-state index in [2.05, 4.69) is 0 Å². The molecule has 0 aliphatic carbocycles. The Balaban J connectivity index is 1.94. The van der Waals surface area contributed by atoms with Gasteiger partial charge in [-0.1, -0.05) is 6.07 Å². The largest absolute Gasteiger partial charge is 0.493 e. The van der Waals surface area contributed by atoms with Gasteiger partial charge in [0.25, 0.3) is 5.69 Å². The Morgan fingerprint density at radius 1 is 1.07 bits per heavy atom. The van der Waals surface area contributed by atoms with Gasteiger partial charge in [-0.3, -0.25) is 10.1 Å². The molecule has 8 nitrogen and oxygen atoms in total. The Morgan fingerprint density at radius 3 is 2.33 bits per heavy atom. The molecule has 3 rings (SSSR count). The third-order valence-corrected chi connectivity index (χ3v) is 6.57. The Hall–Kier alpha value is -2.65. The number of nitro benzene ring substituents is 1. The second-order valence-electron chi connectivity index (χ2n) is 6.14. The number of ether oxygens (including phenoxy) is 2. The second-order valence-corrected chi connectivity index (χ2v) is 8.03. The molecule has 1 heterocycles. The van der Waals surface area contributed by atoms with Crippen LogP contribution in [0.5, 0.6) is 11.5 Å². The summed E-state index contributed by atoms with van der Waals surface area (Å²) in [6, 6.07) is 9.99. The molecule has 2 aromatic rings. The van der Waals surface area contributed by atoms with E-state index in [9.17, 15) is 18.5 Å². The molecular weight excluding hydrogens is 372 g/mol. The highest BCUT2D eigenvalue weighted by atomic mass is 32.2. The summed E-state index contributed by atoms with van der Waals surface area (Å²) in [5.41, 5.74) is 0.669. The van der Waals surface area contributed by atoms with Crippen molar-refractivity contribution in [3.05, 3.63) is 58.1 Å². The smallest absolute Gasteiger partial charge is 0.269 e. The van der Waals surface area contributed by atoms with Crippen molar-refractivity contribution in [2.75, 3.05) is 20.8 Å². The lowest BCUT2D eigenvalue weighted by atomic mass is 10.0. The van der Waals surface area contributed by atoms with Crippen LogP contribution in [0.2, 0.25) is 0 Å². The van der Waals surface area contributed by atoms with Crippen molar-refractivity contribution in [3.63, 3.8) is 0 Å². The standard InChI is InChI=1S/C18H20N2O6S/c1-25-17-10-5-13(12-18(17)26-2)16-4-3-11-19(16)27(23,24)15-8-6-14(7-9-15)20(21)22/h5-10,12,16H,3-4,11H2,1-2H3. The molecule has 0 bridgehead atoms. The highest BCUT2D eigenvalue weighted by molar-refractivity contribution is 7.89. The van der Waals surface area contributed by atoms with Gasteiger partial charge in [0, 0.05) is 18.7 Å². The third-order valence-electron chi connectivity index (χ3n) is 4.65. The molecule has 0 radical (unpaired) electrons. The molecule has 0 N–H and O–H groups in total. The number of nitrogens with zero attached hydrogens (tertiary/aromatic N) is 2. The minimum atomic E-state index is -3.78. The molecule has 1 saturated heterocycles. The van der Waals surface area contributed by atoms with Gasteiger partial charge in [-0.2, -0.15) is 4.31 Å². The van der Waals surface area contributed by atoms with E-state index >= 15 is 0 Å². The quantitative estimate of drug-likeness (QED) is 0.553. The van der Waals surface area contributed by atoms with Gasteiger partial charge in [0.05, 0.1) is 30.1 Å². The van der Waals surface area contributed by atoms with Gasteiger partial charge in [-0.15, -0.1) is 0 Å². The lowest BCUT2D eigenvalue weighted by Gasteiger charge is -2.25. The lowest BCUT2D eigenvalue weighted by molar-refractivity contribution is -0.384. The van der Waals surface area contributed by atoms with Gasteiger partial charge < -0.3 is 9.47 Å². The third kappa shape index (κ3) is 3.60. The average molecular weight is 392 g/mol. The van der Waals surface area contributed by atoms with E-state index in [1.807, 2.05) is 6.07 Å². The van der Waals surface area contributed by atoms with Crippen LogP contribution < -0.4 is 9.47 Å². The summed E-state index contributed by atoms with van der Waals surface area (Å²) in [7, 11) is -0.706. The number of hydrogen-bond donors (Lipinski definition) is 0. The molecule has 0 aromatic heterocycles. The molecule has 144 valence electrons. The van der Waals surface area contributed by atoms with E-state index in [0.29, 0.717) is 24.5 Å². The van der Waals surface area contributed by atoms with Gasteiger partial charge >= 0.3 is 0 Å². The molecule has 9 heteroatoms. The number of benzene rings is 2. The van der Waals surface area contributed by atoms with Crippen LogP contribution in [0.3, 0.4) is 0 Å². The minimum absolute atomic E-state index is 0.0421. The molecule has 27 heavy (non-hydrogen) atoms. The first-order valence-corrected chi connectivity index (χ1v) is 9.80. The number of nitro groups is 1. The fraction of sp³-hybridized carbons (Fsp3) is 0.333. The monoisotopic (exact) mass is 392 g/mol. The maximum Gasteiger partial charge on any atom is 0.269 e. The molecule has 2 aromatic carbocycles. The lowest BCUT2D eigenvalue weighted by Crippen LogP contribution is -2.30. The van der Waals surface area contributed by atoms with Crippen molar-refractivity contribution >= 4 is 15.7 Å². The van der Waals surface area contributed by atoms with E-state index in [1.165, 1.54) is 35.7 Å². The summed E-state index contributed by atoms with van der Waals surface area (Å²) < 4.78 is 38.2. The van der Waals surface area contributed by atoms with Crippen LogP contribution in [0.1, 0.15) is 24.4 Å². The van der Waals surface area contributed by atoms with Crippen molar-refractivity contribution in [1.82, 2.24) is 4.31 Å². The highest BCUT2D eigenvalue weighted by Gasteiger charge is 2.36. The maximum absolute atomic E-state index is 13.1. The summed E-state index contributed by atoms with van der Waals surface area (Å²) in [5, 5.41) is 10.8. The zero-order valence-corrected chi connectivity index (χ0v) is 15.8. The number of methoxy groups -OCH3 is 2. The molecule has 0 amide bonds. The Bertz CT molecular complexity index is 943. The highest BCUT2D eigenvalue weighted by Crippen LogP contribution is 2.39. The van der Waals surface area contributed by atoms with Gasteiger partial charge in [0.1, 0.15) is 0 Å². The molecule has 1 atom stereocenters. The number of hydrogen-bond acceptors (Lipinski definition) is 6. The summed E-state index contributed by atoms with van der Waals surface area (Å²) in [6.07, 6.45) is 1.41. The van der Waals surface area contributed by atoms with Crippen molar-refractivity contribution < 1.29 is 22.8 Å². The van der Waals surface area contributed by atoms with E-state index in [0.717, 1.165) is 12.0 Å². The number of non-ortho nitro benzene ring substituents is 1. The van der Waals surface area contributed by atoms with E-state index in [1.54, 1.807) is 19.2 Å². The summed E-state index contributed by atoms with van der Waals surface area (Å²) in [4.78, 5) is 10.3. The number of sulfonamides is 1. The first-order valence-electron chi connectivity index (χ1n) is 8.36. The van der Waals surface area contributed by atoms with Crippen LogP contribution in [0.25, 0.3) is 0 Å². The first-order chi connectivity index (χ1) is 12.9. The zero-order chi connectivity index (χ0) is 19.6. The van der Waals surface area contributed by atoms with Crippen LogP contribution in [0.15, 0.2) is 47.4 Å². The molecular formula is C18H20N2O6S. The predicted octanol–water partition coefficient (Wildman–Crippen LogP) is 3.14. The maximum atomic E-state index is 13.1. The Labute approximate surface area is 157 Å². The van der Waals surface area contributed by atoms with Crippen molar-refractivity contribution in [3.8, 4) is 11.5 Å². The van der Waals surface area contributed by atoms with Crippen LogP contribution in [-0.2, 0) is 10.0 Å². The number of rotatable bonds is 6. The van der Waals surface area contributed by atoms with E-state index in [4.69, 9.17) is 9.47 Å². The fourth-order valence-electron chi connectivity index (χ4n) is 3.30. The predicted molar refractivity (Wildman–Crippen MR) is 98.5 cm³/mol. The van der Waals surface area contributed by atoms with E-state index < -0.39 is 14.9 Å². The summed E-state index contributed by atoms with van der Waals surface area (Å²) in [6.45, 7) is 0.387. The Kier molecular flexibility index (Phi) is 5.33. The van der Waals surface area contributed by atoms with Gasteiger partial charge in [0.15, 0.2) is 11.5 Å². The fourth-order valence-corrected chi connectivity index (χ4v) is 4.98. The van der Waals surface area contributed by atoms with Crippen LogP contribution in [0, 0.1) is 10.1 Å². The normalized spacial score (nSPS) is 17.6. The molecule has 1 aliphatic rings. The van der Waals surface area contributed by atoms with Crippen LogP contribution in [0.4, 0.5) is 5.69 Å². The average Bonchev–Trinajstić information content (AvgIpc) is 3.18. The van der Waals surface area contributed by atoms with Gasteiger partial charge in [-0.05, 0) is 42.7 Å². The summed E-state index contributed by atoms with van der Waals surface area (Å²) in [5.74, 6) is 1.11. The van der Waals surface area contributed by atoms with Crippen LogP contribution in [-0.4, -0.2) is 38.4 Å². The van der Waals surface area contributed by atoms with Gasteiger partial charge in [0.2, 0.25) is 10.0 Å². The summed E-state index contributed by atoms with van der Waals surface area (Å²) >= 11 is 0. The zero-order valence-electron chi connectivity index (χ0n) is 15.0. The van der Waals surface area contributed by atoms with Gasteiger partial charge in [-0.25, -0.2) is 8.42 Å².